The number of phenolic OH excluding ortho intramolecular Hbond substituents is 2. The van der Waals surface area contributed by atoms with E-state index in [0.29, 0.717) is 29.1 Å². The van der Waals surface area contributed by atoms with E-state index >= 15 is 0 Å². The molecule has 0 aliphatic heterocycles. The first-order chi connectivity index (χ1) is 27.9. The topological polar surface area (TPSA) is 181 Å². The zero-order chi connectivity index (χ0) is 41.9. The van der Waals surface area contributed by atoms with Crippen LogP contribution in [0.5, 0.6) is 11.5 Å². The van der Waals surface area contributed by atoms with Gasteiger partial charge in [-0.2, -0.15) is 0 Å². The minimum atomic E-state index is -0.709. The van der Waals surface area contributed by atoms with E-state index in [1.165, 1.54) is 84.9 Å². The molecule has 0 spiro atoms. The summed E-state index contributed by atoms with van der Waals surface area (Å²) in [5, 5.41) is 31.7. The number of carbonyl (C=O) groups is 2. The van der Waals surface area contributed by atoms with Crippen molar-refractivity contribution < 1.29 is 19.8 Å². The number of nitrogens with two attached hydrogens (primary N) is 2. The number of ketones is 2. The van der Waals surface area contributed by atoms with Crippen LogP contribution < -0.4 is 11.6 Å². The van der Waals surface area contributed by atoms with Crippen molar-refractivity contribution in [3.05, 3.63) is 103 Å². The van der Waals surface area contributed by atoms with Gasteiger partial charge >= 0.3 is 0 Å². The smallest absolute Gasteiger partial charge is 0.215 e. The zero-order valence-electron chi connectivity index (χ0n) is 32.7. The maximum Gasteiger partial charge on any atom is 0.215 e. The number of carbonyl (C=O) groups excluding carboxylic acids is 2. The summed E-state index contributed by atoms with van der Waals surface area (Å²) >= 11 is 26.3. The molecule has 0 saturated carbocycles. The van der Waals surface area contributed by atoms with Crippen LogP contribution in [-0.2, 0) is 6.54 Å². The van der Waals surface area contributed by atoms with Crippen LogP contribution in [0.2, 0.25) is 20.4 Å². The van der Waals surface area contributed by atoms with Gasteiger partial charge in [0.15, 0.2) is 0 Å². The van der Waals surface area contributed by atoms with Gasteiger partial charge in [0.2, 0.25) is 11.6 Å². The number of aryl methyl sites for hydroxylation is 1. The molecule has 58 heavy (non-hydrogen) atoms. The molecular weight excluding hydrogens is 822 g/mol. The second-order valence-electron chi connectivity index (χ2n) is 14.3. The zero-order valence-corrected chi connectivity index (χ0v) is 35.7. The molecule has 0 fully saturated rings. The number of hydrogen-bond donors (Lipinski definition) is 5. The highest BCUT2D eigenvalue weighted by Crippen LogP contribution is 2.41. The molecule has 0 unspecified atom stereocenters. The van der Waals surface area contributed by atoms with Crippen LogP contribution >= 0.6 is 46.4 Å². The molecule has 0 aliphatic rings. The van der Waals surface area contributed by atoms with Crippen molar-refractivity contribution in [2.24, 2.45) is 11.6 Å². The Kier molecular flexibility index (Phi) is 16.2. The molecule has 0 saturated heterocycles. The lowest BCUT2D eigenvalue weighted by molar-refractivity contribution is 0.101. The molecule has 0 bridgehead atoms. The maximum absolute atomic E-state index is 14.1. The summed E-state index contributed by atoms with van der Waals surface area (Å²) in [5.41, 5.74) is 7.51. The van der Waals surface area contributed by atoms with Crippen LogP contribution in [0.25, 0.3) is 22.6 Å². The molecule has 0 radical (unpaired) electrons. The third-order valence-electron chi connectivity index (χ3n) is 9.92. The summed E-state index contributed by atoms with van der Waals surface area (Å²) in [5.74, 6) is 4.02. The summed E-state index contributed by atoms with van der Waals surface area (Å²) in [6.07, 6.45) is 17.0. The van der Waals surface area contributed by atoms with E-state index in [1.807, 2.05) is 0 Å². The molecule has 3 heterocycles. The first-order valence-corrected chi connectivity index (χ1v) is 21.2. The first-order valence-electron chi connectivity index (χ1n) is 19.6. The summed E-state index contributed by atoms with van der Waals surface area (Å²) in [4.78, 5) is 31.0. The molecule has 0 atom stereocenters. The molecule has 0 aliphatic carbocycles. The van der Waals surface area contributed by atoms with Gasteiger partial charge in [-0.3, -0.25) is 18.8 Å². The van der Waals surface area contributed by atoms with Crippen LogP contribution in [0.1, 0.15) is 129 Å². The van der Waals surface area contributed by atoms with Crippen LogP contribution in [0.15, 0.2) is 54.9 Å². The van der Waals surface area contributed by atoms with E-state index in [2.05, 4.69) is 29.1 Å². The van der Waals surface area contributed by atoms with E-state index < -0.39 is 11.6 Å². The molecule has 0 amide bonds. The molecule has 12 nitrogen and oxygen atoms in total. The summed E-state index contributed by atoms with van der Waals surface area (Å²) < 4.78 is 2.94. The Labute approximate surface area is 358 Å². The van der Waals surface area contributed by atoms with Gasteiger partial charge in [-0.1, -0.05) is 142 Å². The lowest BCUT2D eigenvalue weighted by Crippen LogP contribution is -2.27. The summed E-state index contributed by atoms with van der Waals surface area (Å²) in [6.45, 7) is 5.70. The summed E-state index contributed by atoms with van der Waals surface area (Å²) in [7, 11) is 0. The van der Waals surface area contributed by atoms with Crippen molar-refractivity contribution in [1.82, 2.24) is 29.6 Å². The van der Waals surface area contributed by atoms with Crippen molar-refractivity contribution in [3.63, 3.8) is 0 Å². The number of aromatic hydroxyl groups is 2. The van der Waals surface area contributed by atoms with Gasteiger partial charge in [-0.05, 0) is 43.2 Å². The fraction of sp³-hybridized carbons (Fsp3) is 0.381. The number of hydrazine groups is 1. The molecular formula is C42H50Cl4N8O4. The number of unbranched alkanes of at least 4 members (excludes halogenated alkanes) is 10. The van der Waals surface area contributed by atoms with Gasteiger partial charge in [-0.25, -0.2) is 5.84 Å². The number of aromatic nitrogens is 5. The van der Waals surface area contributed by atoms with Crippen LogP contribution in [0, 0.1) is 0 Å². The van der Waals surface area contributed by atoms with Gasteiger partial charge in [-0.15, -0.1) is 5.10 Å². The van der Waals surface area contributed by atoms with Crippen LogP contribution in [0.4, 0.5) is 0 Å². The van der Waals surface area contributed by atoms with E-state index in [0.717, 1.165) is 38.6 Å². The molecule has 5 aromatic rings. The number of benzene rings is 2. The Bertz CT molecular complexity index is 2250. The number of hydrogen-bond acceptors (Lipinski definition) is 9. The van der Waals surface area contributed by atoms with Crippen molar-refractivity contribution in [2.45, 2.75) is 97.4 Å². The third-order valence-corrected chi connectivity index (χ3v) is 11.4. The standard InChI is InChI=1S/C42H50Cl4N8O4/c1-3-5-7-9-11-13-19-52(48)24-31(47)26-15-17-28(34(55)21-26)39(57)33-23-30(43)42(46)54(33)38-36(44)41(45)49-37(38)40(58)29-18-16-27(22-35(29)56)32-25-53(51-50-32)20-14-12-10-8-6-4-2/h15-18,21-25,49,55-56H,3-14,19-20,47-48H2,1-2H3/b31-24-. The largest absolute Gasteiger partial charge is 0.507 e. The number of nitrogens with zero attached hydrogens (tertiary/aromatic N) is 5. The van der Waals surface area contributed by atoms with E-state index in [9.17, 15) is 19.8 Å². The molecule has 2 aromatic carbocycles. The van der Waals surface area contributed by atoms with Crippen molar-refractivity contribution in [2.75, 3.05) is 6.54 Å². The predicted molar refractivity (Wildman–Crippen MR) is 232 cm³/mol. The quantitative estimate of drug-likeness (QED) is 0.0196. The number of nitrogens with one attached hydrogen (secondary N) is 1. The SMILES string of the molecule is CCCCCCCCN(N)/C=C(\N)c1ccc(C(=O)c2cc(Cl)c(Cl)n2-c2c(C(=O)c3ccc(-c4cn(CCCCCCCC)nn4)cc3O)[nH]c(Cl)c2Cl)c(O)c1. The highest BCUT2D eigenvalue weighted by atomic mass is 35.5. The molecule has 7 N–H and O–H groups in total. The average Bonchev–Trinajstić information content (AvgIpc) is 3.88. The Morgan fingerprint density at radius 1 is 0.828 bits per heavy atom. The minimum Gasteiger partial charge on any atom is -0.507 e. The molecule has 3 aromatic heterocycles. The Morgan fingerprint density at radius 3 is 2.12 bits per heavy atom. The van der Waals surface area contributed by atoms with Gasteiger partial charge in [0, 0.05) is 30.4 Å². The first kappa shape index (κ1) is 44.6. The van der Waals surface area contributed by atoms with Crippen molar-refractivity contribution in [3.8, 4) is 28.4 Å². The average molecular weight is 873 g/mol. The number of H-pyrrole nitrogens is 1. The normalized spacial score (nSPS) is 11.7. The Hall–Kier alpha value is -4.46. The number of phenols is 2. The highest BCUT2D eigenvalue weighted by Gasteiger charge is 2.31. The second-order valence-corrected chi connectivity index (χ2v) is 15.8. The Morgan fingerprint density at radius 2 is 1.45 bits per heavy atom. The van der Waals surface area contributed by atoms with Gasteiger partial charge in [0.1, 0.15) is 38.2 Å². The number of rotatable bonds is 22. The number of halogens is 4. The maximum atomic E-state index is 14.1. The van der Waals surface area contributed by atoms with Gasteiger partial charge in [0.05, 0.1) is 39.4 Å². The summed E-state index contributed by atoms with van der Waals surface area (Å²) in [6, 6.07) is 10.1. The van der Waals surface area contributed by atoms with E-state index in [4.69, 9.17) is 58.0 Å². The van der Waals surface area contributed by atoms with Gasteiger partial charge < -0.3 is 25.9 Å². The Balaban J connectivity index is 1.37. The van der Waals surface area contributed by atoms with Crippen LogP contribution in [0.3, 0.4) is 0 Å². The van der Waals surface area contributed by atoms with Crippen LogP contribution in [-0.4, -0.2) is 57.9 Å². The predicted octanol–water partition coefficient (Wildman–Crippen LogP) is 10.7. The number of aromatic amines is 1. The van der Waals surface area contributed by atoms with E-state index in [-0.39, 0.29) is 60.1 Å². The third kappa shape index (κ3) is 10.8. The van der Waals surface area contributed by atoms with Crippen molar-refractivity contribution >= 4 is 63.7 Å². The van der Waals surface area contributed by atoms with E-state index in [1.54, 1.807) is 29.2 Å². The molecule has 16 heteroatoms. The molecule has 5 rings (SSSR count). The lowest BCUT2D eigenvalue weighted by Gasteiger charge is -2.16. The molecule has 310 valence electrons. The lowest BCUT2D eigenvalue weighted by atomic mass is 10.0. The fourth-order valence-electron chi connectivity index (χ4n) is 6.70. The fourth-order valence-corrected chi connectivity index (χ4v) is 7.53. The second kappa shape index (κ2) is 21.0. The highest BCUT2D eigenvalue weighted by molar-refractivity contribution is 6.45. The minimum absolute atomic E-state index is 0.0368. The monoisotopic (exact) mass is 870 g/mol. The van der Waals surface area contributed by atoms with Gasteiger partial charge in [0.25, 0.3) is 0 Å². The van der Waals surface area contributed by atoms with Crippen molar-refractivity contribution in [1.29, 1.82) is 0 Å².